The topological polar surface area (TPSA) is 127 Å². The van der Waals surface area contributed by atoms with Crippen LogP contribution in [0.25, 0.3) is 0 Å². The van der Waals surface area contributed by atoms with Gasteiger partial charge in [-0.1, -0.05) is 0 Å². The summed E-state index contributed by atoms with van der Waals surface area (Å²) in [5.74, 6) is 2.57. The van der Waals surface area contributed by atoms with Gasteiger partial charge in [0.25, 0.3) is 0 Å². The number of nitrogens with two attached hydrogens (primary N) is 1. The van der Waals surface area contributed by atoms with Crippen molar-refractivity contribution in [2.75, 3.05) is 40.5 Å². The van der Waals surface area contributed by atoms with Crippen molar-refractivity contribution in [3.63, 3.8) is 0 Å². The normalized spacial score (nSPS) is 22.6. The predicted molar refractivity (Wildman–Crippen MR) is 79.6 cm³/mol. The molecule has 0 saturated carbocycles. The van der Waals surface area contributed by atoms with Crippen LogP contribution in [-0.4, -0.2) is 69.3 Å². The maximum atomic E-state index is 5.71. The van der Waals surface area contributed by atoms with E-state index < -0.39 is 0 Å². The van der Waals surface area contributed by atoms with Gasteiger partial charge < -0.3 is 21.7 Å². The van der Waals surface area contributed by atoms with Gasteiger partial charge in [-0.25, -0.2) is 9.98 Å². The molecular weight excluding hydrogens is 260 g/mol. The zero-order valence-electron chi connectivity index (χ0n) is 11.6. The molecule has 0 atom stereocenters. The van der Waals surface area contributed by atoms with Gasteiger partial charge in [-0.15, -0.1) is 0 Å². The molecule has 2 rings (SSSR count). The second kappa shape index (κ2) is 6.59. The zero-order chi connectivity index (χ0) is 14.4. The van der Waals surface area contributed by atoms with E-state index in [-0.39, 0.29) is 0 Å². The molecule has 0 aromatic carbocycles. The maximum Gasteiger partial charge on any atom is 0.202 e. The Hall–Kier alpha value is -2.52. The minimum Gasteiger partial charge on any atom is -0.369 e. The molecule has 10 nitrogen and oxygen atoms in total. The number of hydrogen-bond acceptors (Lipinski definition) is 7. The molecular formula is C10H20N10. The van der Waals surface area contributed by atoms with Crippen LogP contribution in [0.2, 0.25) is 0 Å². The molecule has 0 aromatic heterocycles. The standard InChI is InChI=1S/C10H20N10/c1-12-8-16-6-17-9(19-8)13-3-4-14-10-18-5-15-7(11)20(10)2/h3-6H2,1-2H3,(H2,11,15)(H,14,18)(H3,12,13,16,17,19). The quantitative estimate of drug-likeness (QED) is 0.356. The van der Waals surface area contributed by atoms with E-state index in [1.807, 2.05) is 7.05 Å². The smallest absolute Gasteiger partial charge is 0.202 e. The second-order valence-corrected chi connectivity index (χ2v) is 4.08. The third kappa shape index (κ3) is 3.49. The lowest BCUT2D eigenvalue weighted by molar-refractivity contribution is 0.650. The molecule has 110 valence electrons. The summed E-state index contributed by atoms with van der Waals surface area (Å²) in [7, 11) is 3.53. The van der Waals surface area contributed by atoms with E-state index in [0.717, 1.165) is 0 Å². The van der Waals surface area contributed by atoms with Gasteiger partial charge in [0, 0.05) is 20.6 Å². The Bertz CT molecular complexity index is 463. The molecule has 0 radical (unpaired) electrons. The van der Waals surface area contributed by atoms with E-state index >= 15 is 0 Å². The number of nitrogens with one attached hydrogen (secondary N) is 4. The summed E-state index contributed by atoms with van der Waals surface area (Å²) in [6.07, 6.45) is 0. The third-order valence-electron chi connectivity index (χ3n) is 2.75. The largest absolute Gasteiger partial charge is 0.369 e. The number of guanidine groups is 4. The van der Waals surface area contributed by atoms with Crippen molar-refractivity contribution in [3.05, 3.63) is 0 Å². The second-order valence-electron chi connectivity index (χ2n) is 4.08. The lowest BCUT2D eigenvalue weighted by atomic mass is 10.5. The Morgan fingerprint density at radius 2 is 2.15 bits per heavy atom. The van der Waals surface area contributed by atoms with Crippen LogP contribution >= 0.6 is 0 Å². The van der Waals surface area contributed by atoms with E-state index in [4.69, 9.17) is 5.73 Å². The van der Waals surface area contributed by atoms with Crippen molar-refractivity contribution in [2.24, 2.45) is 25.7 Å². The van der Waals surface area contributed by atoms with E-state index in [1.54, 1.807) is 11.9 Å². The van der Waals surface area contributed by atoms with Gasteiger partial charge >= 0.3 is 0 Å². The van der Waals surface area contributed by atoms with Crippen LogP contribution in [0.3, 0.4) is 0 Å². The number of aliphatic imine (C=N–C) groups is 4. The van der Waals surface area contributed by atoms with E-state index in [9.17, 15) is 0 Å². The van der Waals surface area contributed by atoms with Crippen molar-refractivity contribution in [1.82, 2.24) is 26.2 Å². The molecule has 0 bridgehead atoms. The lowest BCUT2D eigenvalue weighted by Gasteiger charge is -2.24. The SMILES string of the molecule is CN=C1NCNC(=NCCNC2=NCN=C(N)N2C)N1. The summed E-state index contributed by atoms with van der Waals surface area (Å²) in [5.41, 5.74) is 5.71. The average Bonchev–Trinajstić information content (AvgIpc) is 2.48. The Labute approximate surface area is 117 Å². The summed E-state index contributed by atoms with van der Waals surface area (Å²) in [4.78, 5) is 18.3. The van der Waals surface area contributed by atoms with E-state index in [2.05, 4.69) is 41.2 Å². The fourth-order valence-corrected chi connectivity index (χ4v) is 1.65. The van der Waals surface area contributed by atoms with Gasteiger partial charge in [-0.05, 0) is 0 Å². The first-order valence-corrected chi connectivity index (χ1v) is 6.28. The molecule has 0 aromatic rings. The summed E-state index contributed by atoms with van der Waals surface area (Å²) in [6, 6.07) is 0. The zero-order valence-corrected chi connectivity index (χ0v) is 11.6. The minimum absolute atomic E-state index is 0.359. The van der Waals surface area contributed by atoms with Crippen molar-refractivity contribution >= 4 is 23.8 Å². The molecule has 10 heteroatoms. The fourth-order valence-electron chi connectivity index (χ4n) is 1.65. The third-order valence-corrected chi connectivity index (χ3v) is 2.75. The first-order chi connectivity index (χ1) is 9.70. The van der Waals surface area contributed by atoms with Gasteiger partial charge in [-0.2, -0.15) is 0 Å². The first kappa shape index (κ1) is 13.9. The van der Waals surface area contributed by atoms with E-state index in [0.29, 0.717) is 50.3 Å². The molecule has 2 aliphatic heterocycles. The van der Waals surface area contributed by atoms with Crippen LogP contribution in [0.15, 0.2) is 20.0 Å². The Morgan fingerprint density at radius 1 is 1.35 bits per heavy atom. The van der Waals surface area contributed by atoms with Crippen LogP contribution in [0.4, 0.5) is 0 Å². The van der Waals surface area contributed by atoms with Crippen molar-refractivity contribution in [2.45, 2.75) is 0 Å². The van der Waals surface area contributed by atoms with Crippen LogP contribution in [0, 0.1) is 0 Å². The molecule has 0 aliphatic carbocycles. The molecule has 2 aliphatic rings. The molecule has 6 N–H and O–H groups in total. The van der Waals surface area contributed by atoms with Crippen molar-refractivity contribution in [3.8, 4) is 0 Å². The summed E-state index contributed by atoms with van der Waals surface area (Å²) < 4.78 is 0. The minimum atomic E-state index is 0.359. The Balaban J connectivity index is 1.75. The average molecular weight is 280 g/mol. The molecule has 0 unspecified atom stereocenters. The molecule has 0 spiro atoms. The maximum absolute atomic E-state index is 5.71. The molecule has 2 heterocycles. The van der Waals surface area contributed by atoms with Gasteiger partial charge in [0.2, 0.25) is 5.96 Å². The number of rotatable bonds is 3. The van der Waals surface area contributed by atoms with Gasteiger partial charge in [-0.3, -0.25) is 20.2 Å². The molecule has 1 saturated heterocycles. The van der Waals surface area contributed by atoms with Gasteiger partial charge in [0.05, 0.1) is 13.2 Å². The van der Waals surface area contributed by atoms with Crippen LogP contribution < -0.4 is 27.0 Å². The van der Waals surface area contributed by atoms with Crippen LogP contribution in [0.1, 0.15) is 0 Å². The monoisotopic (exact) mass is 280 g/mol. The summed E-state index contributed by atoms with van der Waals surface area (Å²) in [5, 5.41) is 12.3. The van der Waals surface area contributed by atoms with Crippen LogP contribution in [-0.2, 0) is 0 Å². The summed E-state index contributed by atoms with van der Waals surface area (Å²) in [6.45, 7) is 2.21. The molecule has 20 heavy (non-hydrogen) atoms. The highest BCUT2D eigenvalue weighted by molar-refractivity contribution is 6.00. The van der Waals surface area contributed by atoms with Crippen molar-refractivity contribution in [1.29, 1.82) is 0 Å². The lowest BCUT2D eigenvalue weighted by Crippen LogP contribution is -2.57. The Morgan fingerprint density at radius 3 is 2.95 bits per heavy atom. The summed E-state index contributed by atoms with van der Waals surface area (Å²) >= 11 is 0. The predicted octanol–water partition coefficient (Wildman–Crippen LogP) is -2.77. The Kier molecular flexibility index (Phi) is 4.58. The molecule has 0 amide bonds. The van der Waals surface area contributed by atoms with Gasteiger partial charge in [0.15, 0.2) is 17.9 Å². The fraction of sp³-hybridized carbons (Fsp3) is 0.600. The van der Waals surface area contributed by atoms with Gasteiger partial charge in [0.1, 0.15) is 6.67 Å². The van der Waals surface area contributed by atoms with Crippen LogP contribution in [0.5, 0.6) is 0 Å². The number of hydrogen-bond donors (Lipinski definition) is 5. The molecule has 1 fully saturated rings. The van der Waals surface area contributed by atoms with E-state index in [1.165, 1.54) is 0 Å². The highest BCUT2D eigenvalue weighted by atomic mass is 15.4. The van der Waals surface area contributed by atoms with Crippen molar-refractivity contribution < 1.29 is 0 Å². The highest BCUT2D eigenvalue weighted by Crippen LogP contribution is 1.93. The highest BCUT2D eigenvalue weighted by Gasteiger charge is 2.13. The number of nitrogens with zero attached hydrogens (tertiary/aromatic N) is 5. The first-order valence-electron chi connectivity index (χ1n) is 6.28.